The summed E-state index contributed by atoms with van der Waals surface area (Å²) in [6.07, 6.45) is 1.61. The number of hydrogen-bond acceptors (Lipinski definition) is 4. The molecule has 0 bridgehead atoms. The van der Waals surface area contributed by atoms with Crippen molar-refractivity contribution >= 4 is 11.9 Å². The normalized spacial score (nSPS) is 11.8. The minimum absolute atomic E-state index is 0.252. The molecule has 0 N–H and O–H groups in total. The zero-order valence-corrected chi connectivity index (χ0v) is 13.8. The Morgan fingerprint density at radius 2 is 1.40 bits per heavy atom. The summed E-state index contributed by atoms with van der Waals surface area (Å²) in [7, 11) is 0. The van der Waals surface area contributed by atoms with E-state index in [2.05, 4.69) is 13.8 Å². The van der Waals surface area contributed by atoms with Gasteiger partial charge in [0.1, 0.15) is 0 Å². The number of carbonyl (C=O) groups excluding carboxylic acids is 2. The van der Waals surface area contributed by atoms with Gasteiger partial charge in [-0.1, -0.05) is 41.5 Å². The van der Waals surface area contributed by atoms with Crippen molar-refractivity contribution in [1.29, 1.82) is 0 Å². The summed E-state index contributed by atoms with van der Waals surface area (Å²) >= 11 is 0. The Kier molecular flexibility index (Phi) is 8.51. The highest BCUT2D eigenvalue weighted by molar-refractivity contribution is 5.99. The predicted molar refractivity (Wildman–Crippen MR) is 79.2 cm³/mol. The lowest BCUT2D eigenvalue weighted by molar-refractivity contribution is -0.174. The Bertz CT molecular complexity index is 304. The first-order valence-electron chi connectivity index (χ1n) is 7.64. The molecule has 0 aliphatic heterocycles. The maximum absolute atomic E-state index is 12.3. The number of rotatable bonds is 9. The lowest BCUT2D eigenvalue weighted by Crippen LogP contribution is -2.41. The van der Waals surface area contributed by atoms with Gasteiger partial charge in [0.05, 0.1) is 13.2 Å². The van der Waals surface area contributed by atoms with Crippen molar-refractivity contribution in [3.05, 3.63) is 0 Å². The van der Waals surface area contributed by atoms with Crippen LogP contribution in [-0.4, -0.2) is 25.2 Å². The van der Waals surface area contributed by atoms with Gasteiger partial charge < -0.3 is 9.47 Å². The molecule has 0 rings (SSSR count). The van der Waals surface area contributed by atoms with Gasteiger partial charge in [-0.05, 0) is 31.1 Å². The van der Waals surface area contributed by atoms with Gasteiger partial charge in [-0.15, -0.1) is 0 Å². The number of carbonyl (C=O) groups is 2. The maximum atomic E-state index is 12.3. The van der Waals surface area contributed by atoms with Gasteiger partial charge in [0.15, 0.2) is 5.41 Å². The molecule has 0 unspecified atom stereocenters. The molecule has 0 amide bonds. The van der Waals surface area contributed by atoms with E-state index in [0.29, 0.717) is 32.0 Å². The monoisotopic (exact) mass is 286 g/mol. The average molecular weight is 286 g/mol. The molecule has 0 heterocycles. The number of hydrogen-bond donors (Lipinski definition) is 0. The number of ether oxygens (including phenoxy) is 2. The fourth-order valence-corrected chi connectivity index (χ4v) is 1.82. The molecule has 0 atom stereocenters. The third-order valence-corrected chi connectivity index (χ3v) is 3.46. The van der Waals surface area contributed by atoms with Crippen molar-refractivity contribution in [3.63, 3.8) is 0 Å². The molecule has 0 spiro atoms. The van der Waals surface area contributed by atoms with Crippen molar-refractivity contribution in [2.24, 2.45) is 17.3 Å². The lowest BCUT2D eigenvalue weighted by Gasteiger charge is -2.27. The molecule has 0 aliphatic carbocycles. The Balaban J connectivity index is 4.72. The minimum atomic E-state index is -1.15. The molecule has 0 fully saturated rings. The summed E-state index contributed by atoms with van der Waals surface area (Å²) in [5, 5.41) is 0. The topological polar surface area (TPSA) is 52.6 Å². The Labute approximate surface area is 123 Å². The fourth-order valence-electron chi connectivity index (χ4n) is 1.82. The first kappa shape index (κ1) is 18.9. The van der Waals surface area contributed by atoms with E-state index in [1.807, 2.05) is 27.7 Å². The minimum Gasteiger partial charge on any atom is -0.465 e. The van der Waals surface area contributed by atoms with Crippen LogP contribution in [0.2, 0.25) is 0 Å². The highest BCUT2D eigenvalue weighted by atomic mass is 16.6. The second-order valence-electron chi connectivity index (χ2n) is 6.10. The summed E-state index contributed by atoms with van der Waals surface area (Å²) in [6.45, 7) is 12.4. The second-order valence-corrected chi connectivity index (χ2v) is 6.10. The van der Waals surface area contributed by atoms with Gasteiger partial charge >= 0.3 is 11.9 Å². The molecule has 118 valence electrons. The largest absolute Gasteiger partial charge is 0.465 e. The van der Waals surface area contributed by atoms with Crippen LogP contribution in [0.1, 0.15) is 60.8 Å². The standard InChI is InChI=1S/C16H30O4/c1-7-16(8-2,15(18)20-11-13(5)6)14(17)19-10-9-12(3)4/h12-13H,7-11H2,1-6H3. The Morgan fingerprint density at radius 1 is 0.900 bits per heavy atom. The second kappa shape index (κ2) is 8.98. The van der Waals surface area contributed by atoms with Crippen LogP contribution in [0, 0.1) is 17.3 Å². The van der Waals surface area contributed by atoms with Crippen LogP contribution in [0.25, 0.3) is 0 Å². The fraction of sp³-hybridized carbons (Fsp3) is 0.875. The van der Waals surface area contributed by atoms with E-state index in [0.717, 1.165) is 6.42 Å². The molecule has 0 radical (unpaired) electrons. The molecule has 0 saturated carbocycles. The molecular weight excluding hydrogens is 256 g/mol. The molecule has 0 aliphatic rings. The zero-order chi connectivity index (χ0) is 15.8. The van der Waals surface area contributed by atoms with E-state index in [1.165, 1.54) is 0 Å². The van der Waals surface area contributed by atoms with Gasteiger partial charge in [0.2, 0.25) is 0 Å². The molecule has 4 nitrogen and oxygen atoms in total. The quantitative estimate of drug-likeness (QED) is 0.480. The zero-order valence-electron chi connectivity index (χ0n) is 13.8. The average Bonchev–Trinajstić information content (AvgIpc) is 2.38. The molecule has 0 aromatic heterocycles. The smallest absolute Gasteiger partial charge is 0.323 e. The van der Waals surface area contributed by atoms with E-state index < -0.39 is 17.4 Å². The molecular formula is C16H30O4. The van der Waals surface area contributed by atoms with Crippen LogP contribution in [-0.2, 0) is 19.1 Å². The Hall–Kier alpha value is -1.06. The van der Waals surface area contributed by atoms with E-state index in [1.54, 1.807) is 0 Å². The van der Waals surface area contributed by atoms with Crippen molar-refractivity contribution < 1.29 is 19.1 Å². The highest BCUT2D eigenvalue weighted by Crippen LogP contribution is 2.30. The van der Waals surface area contributed by atoms with E-state index in [4.69, 9.17) is 9.47 Å². The van der Waals surface area contributed by atoms with Gasteiger partial charge in [0, 0.05) is 0 Å². The highest BCUT2D eigenvalue weighted by Gasteiger charge is 2.45. The number of esters is 2. The third kappa shape index (κ3) is 5.51. The maximum Gasteiger partial charge on any atom is 0.323 e. The van der Waals surface area contributed by atoms with Gasteiger partial charge in [-0.2, -0.15) is 0 Å². The van der Waals surface area contributed by atoms with Crippen molar-refractivity contribution in [2.75, 3.05) is 13.2 Å². The molecule has 0 aromatic carbocycles. The van der Waals surface area contributed by atoms with Crippen LogP contribution in [0.15, 0.2) is 0 Å². The van der Waals surface area contributed by atoms with Crippen molar-refractivity contribution in [2.45, 2.75) is 60.8 Å². The first-order valence-corrected chi connectivity index (χ1v) is 7.64. The van der Waals surface area contributed by atoms with Crippen molar-refractivity contribution in [1.82, 2.24) is 0 Å². The summed E-state index contributed by atoms with van der Waals surface area (Å²) in [5.74, 6) is -0.182. The lowest BCUT2D eigenvalue weighted by atomic mass is 9.82. The van der Waals surface area contributed by atoms with Crippen LogP contribution >= 0.6 is 0 Å². The van der Waals surface area contributed by atoms with Crippen molar-refractivity contribution in [3.8, 4) is 0 Å². The summed E-state index contributed by atoms with van der Waals surface area (Å²) < 4.78 is 10.5. The first-order chi connectivity index (χ1) is 9.30. The summed E-state index contributed by atoms with van der Waals surface area (Å²) in [5.41, 5.74) is -1.15. The molecule has 0 saturated heterocycles. The van der Waals surface area contributed by atoms with Crippen LogP contribution in [0.5, 0.6) is 0 Å². The van der Waals surface area contributed by atoms with Crippen LogP contribution in [0.3, 0.4) is 0 Å². The Morgan fingerprint density at radius 3 is 1.80 bits per heavy atom. The van der Waals surface area contributed by atoms with E-state index in [9.17, 15) is 9.59 Å². The predicted octanol–water partition coefficient (Wildman–Crippen LogP) is 3.58. The third-order valence-electron chi connectivity index (χ3n) is 3.46. The van der Waals surface area contributed by atoms with Crippen LogP contribution < -0.4 is 0 Å². The van der Waals surface area contributed by atoms with Crippen LogP contribution in [0.4, 0.5) is 0 Å². The van der Waals surface area contributed by atoms with E-state index >= 15 is 0 Å². The van der Waals surface area contributed by atoms with E-state index in [-0.39, 0.29) is 5.92 Å². The van der Waals surface area contributed by atoms with Gasteiger partial charge in [-0.25, -0.2) is 0 Å². The molecule has 4 heteroatoms. The van der Waals surface area contributed by atoms with Gasteiger partial charge in [-0.3, -0.25) is 9.59 Å². The summed E-state index contributed by atoms with van der Waals surface area (Å²) in [6, 6.07) is 0. The summed E-state index contributed by atoms with van der Waals surface area (Å²) in [4.78, 5) is 24.5. The molecule has 20 heavy (non-hydrogen) atoms. The molecule has 0 aromatic rings. The SMILES string of the molecule is CCC(CC)(C(=O)OCCC(C)C)C(=O)OCC(C)C. The van der Waals surface area contributed by atoms with Gasteiger partial charge in [0.25, 0.3) is 0 Å².